The molecule has 1 amide bonds. The number of rotatable bonds is 5. The van der Waals surface area contributed by atoms with Crippen LogP contribution in [-0.2, 0) is 11.8 Å². The van der Waals surface area contributed by atoms with E-state index in [1.165, 1.54) is 31.4 Å². The van der Waals surface area contributed by atoms with Gasteiger partial charge < -0.3 is 15.0 Å². The number of nitrogens with one attached hydrogen (secondary N) is 1. The molecule has 0 unspecified atom stereocenters. The number of pyridine rings is 1. The molecule has 7 heteroatoms. The molecule has 158 valence electrons. The van der Waals surface area contributed by atoms with Crippen molar-refractivity contribution in [1.29, 1.82) is 0 Å². The third-order valence-electron chi connectivity index (χ3n) is 5.55. The highest BCUT2D eigenvalue weighted by Crippen LogP contribution is 2.27. The molecule has 30 heavy (non-hydrogen) atoms. The number of nitrogens with zero attached hydrogens (tertiary/aromatic N) is 4. The van der Waals surface area contributed by atoms with Gasteiger partial charge in [0.05, 0.1) is 5.39 Å². The smallest absolute Gasteiger partial charge is 0.262 e. The maximum Gasteiger partial charge on any atom is 0.262 e. The zero-order valence-corrected chi connectivity index (χ0v) is 17.9. The van der Waals surface area contributed by atoms with Crippen LogP contribution in [0.5, 0.6) is 5.88 Å². The number of benzene rings is 1. The van der Waals surface area contributed by atoms with Crippen LogP contribution in [0.4, 0.5) is 11.4 Å². The molecular weight excluding hydrogens is 378 g/mol. The SMILES string of the molecule is Cc1cc(C)c2c(OCC(=O)Nc3ccc(N4CCCCCC4)cc3)nn(C)c2n1. The lowest BCUT2D eigenvalue weighted by atomic mass is 10.2. The Hall–Kier alpha value is -3.09. The molecule has 1 fully saturated rings. The third-order valence-corrected chi connectivity index (χ3v) is 5.55. The lowest BCUT2D eigenvalue weighted by molar-refractivity contribution is -0.118. The fourth-order valence-corrected chi connectivity index (χ4v) is 4.07. The normalized spacial score (nSPS) is 14.6. The van der Waals surface area contributed by atoms with Gasteiger partial charge in [-0.05, 0) is 62.6 Å². The molecule has 1 aromatic carbocycles. The summed E-state index contributed by atoms with van der Waals surface area (Å²) in [6.45, 7) is 6.05. The minimum absolute atomic E-state index is 0.104. The maximum absolute atomic E-state index is 12.4. The topological polar surface area (TPSA) is 72.3 Å². The van der Waals surface area contributed by atoms with E-state index in [4.69, 9.17) is 4.74 Å². The third kappa shape index (κ3) is 4.40. The van der Waals surface area contributed by atoms with Crippen molar-refractivity contribution < 1.29 is 9.53 Å². The van der Waals surface area contributed by atoms with Crippen molar-refractivity contribution in [3.05, 3.63) is 41.6 Å². The van der Waals surface area contributed by atoms with Gasteiger partial charge in [-0.1, -0.05) is 12.8 Å². The summed E-state index contributed by atoms with van der Waals surface area (Å²) >= 11 is 0. The average Bonchev–Trinajstić information content (AvgIpc) is 2.89. The number of aryl methyl sites for hydroxylation is 3. The Balaban J connectivity index is 1.38. The van der Waals surface area contributed by atoms with E-state index in [-0.39, 0.29) is 12.5 Å². The van der Waals surface area contributed by atoms with Crippen molar-refractivity contribution in [2.24, 2.45) is 7.05 Å². The standard InChI is InChI=1S/C23H29N5O2/c1-16-14-17(2)24-22-21(16)23(26-27(22)3)30-15-20(29)25-18-8-10-19(11-9-18)28-12-6-4-5-7-13-28/h8-11,14H,4-7,12-13,15H2,1-3H3,(H,25,29). The minimum atomic E-state index is -0.214. The van der Waals surface area contributed by atoms with Crippen LogP contribution in [0.3, 0.4) is 0 Å². The van der Waals surface area contributed by atoms with E-state index in [1.807, 2.05) is 39.1 Å². The number of amides is 1. The molecule has 3 heterocycles. The summed E-state index contributed by atoms with van der Waals surface area (Å²) in [6.07, 6.45) is 5.11. The molecule has 7 nitrogen and oxygen atoms in total. The van der Waals surface area contributed by atoms with Crippen LogP contribution in [0.15, 0.2) is 30.3 Å². The van der Waals surface area contributed by atoms with Crippen LogP contribution in [-0.4, -0.2) is 40.4 Å². The van der Waals surface area contributed by atoms with Gasteiger partial charge >= 0.3 is 0 Å². The predicted molar refractivity (Wildman–Crippen MR) is 119 cm³/mol. The molecule has 0 spiro atoms. The van der Waals surface area contributed by atoms with Gasteiger partial charge in [-0.15, -0.1) is 5.10 Å². The Bertz CT molecular complexity index is 1030. The van der Waals surface area contributed by atoms with Crippen LogP contribution in [0.1, 0.15) is 36.9 Å². The molecule has 0 bridgehead atoms. The van der Waals surface area contributed by atoms with E-state index in [0.717, 1.165) is 41.1 Å². The number of carbonyl (C=O) groups is 1. The Morgan fingerprint density at radius 2 is 1.80 bits per heavy atom. The molecule has 1 aliphatic rings. The molecule has 3 aromatic rings. The van der Waals surface area contributed by atoms with Gasteiger partial charge in [-0.3, -0.25) is 4.79 Å². The fourth-order valence-electron chi connectivity index (χ4n) is 4.07. The highest BCUT2D eigenvalue weighted by molar-refractivity contribution is 5.92. The zero-order valence-electron chi connectivity index (χ0n) is 17.9. The molecule has 0 radical (unpaired) electrons. The van der Waals surface area contributed by atoms with Crippen LogP contribution in [0.25, 0.3) is 11.0 Å². The van der Waals surface area contributed by atoms with Crippen molar-refractivity contribution in [2.45, 2.75) is 39.5 Å². The number of aromatic nitrogens is 3. The number of hydrogen-bond donors (Lipinski definition) is 1. The van der Waals surface area contributed by atoms with Crippen LogP contribution in [0, 0.1) is 13.8 Å². The van der Waals surface area contributed by atoms with Gasteiger partial charge in [0, 0.05) is 37.2 Å². The first-order valence-corrected chi connectivity index (χ1v) is 10.6. The largest absolute Gasteiger partial charge is 0.466 e. The van der Waals surface area contributed by atoms with Crippen LogP contribution in [0.2, 0.25) is 0 Å². The second-order valence-electron chi connectivity index (χ2n) is 7.99. The van der Waals surface area contributed by atoms with E-state index >= 15 is 0 Å². The molecule has 4 rings (SSSR count). The first-order valence-electron chi connectivity index (χ1n) is 10.6. The number of anilines is 2. The van der Waals surface area contributed by atoms with Crippen molar-refractivity contribution in [3.8, 4) is 5.88 Å². The summed E-state index contributed by atoms with van der Waals surface area (Å²) in [5, 5.41) is 8.13. The number of ether oxygens (including phenoxy) is 1. The second kappa shape index (κ2) is 8.73. The maximum atomic E-state index is 12.4. The van der Waals surface area contributed by atoms with Gasteiger partial charge in [-0.2, -0.15) is 0 Å². The second-order valence-corrected chi connectivity index (χ2v) is 7.99. The summed E-state index contributed by atoms with van der Waals surface area (Å²) in [5.41, 5.74) is 4.69. The molecule has 1 N–H and O–H groups in total. The van der Waals surface area contributed by atoms with E-state index in [1.54, 1.807) is 4.68 Å². The Labute approximate surface area is 177 Å². The lowest BCUT2D eigenvalue weighted by Gasteiger charge is -2.22. The molecule has 1 saturated heterocycles. The molecule has 2 aromatic heterocycles. The molecule has 0 aliphatic carbocycles. The molecule has 0 saturated carbocycles. The van der Waals surface area contributed by atoms with Crippen molar-refractivity contribution in [2.75, 3.05) is 29.9 Å². The number of hydrogen-bond acceptors (Lipinski definition) is 5. The average molecular weight is 408 g/mol. The zero-order chi connectivity index (χ0) is 21.1. The monoisotopic (exact) mass is 407 g/mol. The number of fused-ring (bicyclic) bond motifs is 1. The molecule has 1 aliphatic heterocycles. The summed E-state index contributed by atoms with van der Waals surface area (Å²) in [6, 6.07) is 10.0. The predicted octanol–water partition coefficient (Wildman–Crippen LogP) is 3.98. The van der Waals surface area contributed by atoms with Gasteiger partial charge in [0.2, 0.25) is 5.88 Å². The van der Waals surface area contributed by atoms with E-state index in [2.05, 4.69) is 32.4 Å². The number of carbonyl (C=O) groups excluding carboxylic acids is 1. The molecular formula is C23H29N5O2. The minimum Gasteiger partial charge on any atom is -0.466 e. The van der Waals surface area contributed by atoms with Crippen LogP contribution >= 0.6 is 0 Å². The highest BCUT2D eigenvalue weighted by atomic mass is 16.5. The van der Waals surface area contributed by atoms with Gasteiger partial charge in [0.25, 0.3) is 5.91 Å². The van der Waals surface area contributed by atoms with Gasteiger partial charge in [0.1, 0.15) is 0 Å². The summed E-state index contributed by atoms with van der Waals surface area (Å²) in [7, 11) is 1.83. The van der Waals surface area contributed by atoms with Crippen molar-refractivity contribution in [3.63, 3.8) is 0 Å². The summed E-state index contributed by atoms with van der Waals surface area (Å²) < 4.78 is 7.42. The van der Waals surface area contributed by atoms with Crippen molar-refractivity contribution in [1.82, 2.24) is 14.8 Å². The molecule has 0 atom stereocenters. The lowest BCUT2D eigenvalue weighted by Crippen LogP contribution is -2.24. The summed E-state index contributed by atoms with van der Waals surface area (Å²) in [4.78, 5) is 19.3. The van der Waals surface area contributed by atoms with E-state index in [9.17, 15) is 4.79 Å². The fraction of sp³-hybridized carbons (Fsp3) is 0.435. The quantitative estimate of drug-likeness (QED) is 0.693. The highest BCUT2D eigenvalue weighted by Gasteiger charge is 2.16. The van der Waals surface area contributed by atoms with Gasteiger partial charge in [-0.25, -0.2) is 9.67 Å². The Morgan fingerprint density at radius 1 is 1.10 bits per heavy atom. The van der Waals surface area contributed by atoms with E-state index in [0.29, 0.717) is 5.88 Å². The Kier molecular flexibility index (Phi) is 5.88. The van der Waals surface area contributed by atoms with E-state index < -0.39 is 0 Å². The van der Waals surface area contributed by atoms with Crippen LogP contribution < -0.4 is 15.0 Å². The van der Waals surface area contributed by atoms with Crippen molar-refractivity contribution >= 4 is 28.3 Å². The Morgan fingerprint density at radius 3 is 2.50 bits per heavy atom. The van der Waals surface area contributed by atoms with Gasteiger partial charge in [0.15, 0.2) is 12.3 Å². The summed E-state index contributed by atoms with van der Waals surface area (Å²) in [5.74, 6) is 0.221. The first-order chi connectivity index (χ1) is 14.5. The first kappa shape index (κ1) is 20.2.